The van der Waals surface area contributed by atoms with Crippen molar-refractivity contribution >= 4 is 5.97 Å². The number of methoxy groups -OCH3 is 1. The average Bonchev–Trinajstić information content (AvgIpc) is 2.52. The minimum Gasteiger partial charge on any atom is -0.495 e. The largest absolute Gasteiger partial charge is 0.495 e. The Bertz CT molecular complexity index is 744. The summed E-state index contributed by atoms with van der Waals surface area (Å²) < 4.78 is 10.6. The van der Waals surface area contributed by atoms with Crippen LogP contribution in [0.3, 0.4) is 0 Å². The monoisotopic (exact) mass is 308 g/mol. The molecule has 0 saturated carbocycles. The highest BCUT2D eigenvalue weighted by Crippen LogP contribution is 2.26. The third-order valence-electron chi connectivity index (χ3n) is 3.21. The van der Waals surface area contributed by atoms with Gasteiger partial charge in [-0.25, -0.2) is 4.79 Å². The van der Waals surface area contributed by atoms with Gasteiger partial charge in [-0.05, 0) is 56.2 Å². The maximum Gasteiger partial charge on any atom is 0.338 e. The Morgan fingerprint density at radius 1 is 1.04 bits per heavy atom. The summed E-state index contributed by atoms with van der Waals surface area (Å²) in [6.45, 7) is 5.54. The molecule has 2 aromatic carbocycles. The lowest BCUT2D eigenvalue weighted by Gasteiger charge is -2.19. The number of hydrogen-bond acceptors (Lipinski definition) is 3. The summed E-state index contributed by atoms with van der Waals surface area (Å²) >= 11 is 0. The zero-order valence-corrected chi connectivity index (χ0v) is 13.8. The van der Waals surface area contributed by atoms with E-state index in [2.05, 4.69) is 5.92 Å². The van der Waals surface area contributed by atoms with Crippen molar-refractivity contribution in [2.75, 3.05) is 7.11 Å². The lowest BCUT2D eigenvalue weighted by molar-refractivity contribution is 0.00696. The minimum atomic E-state index is -0.507. The molecule has 0 bridgehead atoms. The quantitative estimate of drug-likeness (QED) is 0.626. The fourth-order valence-corrected chi connectivity index (χ4v) is 2.14. The van der Waals surface area contributed by atoms with Crippen molar-refractivity contribution in [3.63, 3.8) is 0 Å². The number of ether oxygens (including phenoxy) is 2. The molecular weight excluding hydrogens is 288 g/mol. The molecule has 0 aliphatic rings. The fourth-order valence-electron chi connectivity index (χ4n) is 2.14. The number of hydrogen-bond donors (Lipinski definition) is 0. The second-order valence-corrected chi connectivity index (χ2v) is 6.14. The summed E-state index contributed by atoms with van der Waals surface area (Å²) in [5.41, 5.74) is 2.65. The molecule has 0 aliphatic carbocycles. The fraction of sp³-hybridized carbons (Fsp3) is 0.250. The van der Waals surface area contributed by atoms with Crippen LogP contribution in [0.2, 0.25) is 0 Å². The number of esters is 1. The van der Waals surface area contributed by atoms with E-state index in [1.807, 2.05) is 51.1 Å². The van der Waals surface area contributed by atoms with E-state index in [1.54, 1.807) is 19.2 Å². The summed E-state index contributed by atoms with van der Waals surface area (Å²) in [6, 6.07) is 12.9. The molecule has 0 N–H and O–H groups in total. The van der Waals surface area contributed by atoms with Crippen LogP contribution in [0.4, 0.5) is 0 Å². The van der Waals surface area contributed by atoms with Gasteiger partial charge < -0.3 is 9.47 Å². The molecule has 2 aromatic rings. The number of benzene rings is 2. The predicted molar refractivity (Wildman–Crippen MR) is 91.5 cm³/mol. The number of carbonyl (C=O) groups excluding carboxylic acids is 1. The smallest absolute Gasteiger partial charge is 0.338 e. The van der Waals surface area contributed by atoms with Gasteiger partial charge in [0.05, 0.1) is 18.2 Å². The molecule has 0 atom stereocenters. The molecule has 3 heteroatoms. The second kappa shape index (κ2) is 6.58. The Balaban J connectivity index is 2.27. The maximum absolute atomic E-state index is 12.0. The standard InChI is InChI=1S/C20H20O3/c1-6-14-13-17(11-12-18(14)22-5)15-7-9-16(10-8-15)19(21)23-20(2,3)4/h1,7-13H,2-5H3. The van der Waals surface area contributed by atoms with Crippen molar-refractivity contribution in [1.29, 1.82) is 0 Å². The minimum absolute atomic E-state index is 0.330. The van der Waals surface area contributed by atoms with Gasteiger partial charge in [0.1, 0.15) is 11.4 Å². The van der Waals surface area contributed by atoms with Gasteiger partial charge in [0.2, 0.25) is 0 Å². The molecule has 0 unspecified atom stereocenters. The predicted octanol–water partition coefficient (Wildman–Crippen LogP) is 4.30. The molecule has 118 valence electrons. The van der Waals surface area contributed by atoms with E-state index >= 15 is 0 Å². The van der Waals surface area contributed by atoms with Gasteiger partial charge in [0.15, 0.2) is 0 Å². The van der Waals surface area contributed by atoms with Gasteiger partial charge in [0, 0.05) is 0 Å². The zero-order valence-electron chi connectivity index (χ0n) is 13.8. The Kier molecular flexibility index (Phi) is 4.76. The molecule has 0 fully saturated rings. The Labute approximate surface area is 137 Å². The van der Waals surface area contributed by atoms with Crippen LogP contribution in [0, 0.1) is 12.3 Å². The van der Waals surface area contributed by atoms with Crippen LogP contribution in [0.25, 0.3) is 11.1 Å². The molecule has 0 heterocycles. The van der Waals surface area contributed by atoms with E-state index in [4.69, 9.17) is 15.9 Å². The van der Waals surface area contributed by atoms with Crippen LogP contribution in [-0.2, 0) is 4.74 Å². The average molecular weight is 308 g/mol. The molecule has 3 nitrogen and oxygen atoms in total. The van der Waals surface area contributed by atoms with Gasteiger partial charge in [-0.15, -0.1) is 6.42 Å². The van der Waals surface area contributed by atoms with Crippen LogP contribution in [-0.4, -0.2) is 18.7 Å². The summed E-state index contributed by atoms with van der Waals surface area (Å²) in [6.07, 6.45) is 5.50. The first-order valence-corrected chi connectivity index (χ1v) is 7.32. The van der Waals surface area contributed by atoms with E-state index in [9.17, 15) is 4.79 Å². The lowest BCUT2D eigenvalue weighted by atomic mass is 10.0. The van der Waals surface area contributed by atoms with Crippen LogP contribution < -0.4 is 4.74 Å². The highest BCUT2D eigenvalue weighted by Gasteiger charge is 2.17. The highest BCUT2D eigenvalue weighted by molar-refractivity contribution is 5.90. The molecule has 0 amide bonds. The third-order valence-corrected chi connectivity index (χ3v) is 3.21. The molecule has 2 rings (SSSR count). The first kappa shape index (κ1) is 16.6. The van der Waals surface area contributed by atoms with E-state index in [0.717, 1.165) is 11.1 Å². The molecule has 0 spiro atoms. The van der Waals surface area contributed by atoms with Gasteiger partial charge in [0.25, 0.3) is 0 Å². The molecule has 0 saturated heterocycles. The van der Waals surface area contributed by atoms with Crippen LogP contribution >= 0.6 is 0 Å². The Morgan fingerprint density at radius 2 is 1.65 bits per heavy atom. The molecule has 0 radical (unpaired) electrons. The van der Waals surface area contributed by atoms with Gasteiger partial charge in [-0.2, -0.15) is 0 Å². The van der Waals surface area contributed by atoms with E-state index in [-0.39, 0.29) is 5.97 Å². The van der Waals surface area contributed by atoms with Crippen molar-refractivity contribution in [2.45, 2.75) is 26.4 Å². The van der Waals surface area contributed by atoms with Crippen LogP contribution in [0.5, 0.6) is 5.75 Å². The third kappa shape index (κ3) is 4.14. The second-order valence-electron chi connectivity index (χ2n) is 6.14. The molecule has 23 heavy (non-hydrogen) atoms. The summed E-state index contributed by atoms with van der Waals surface area (Å²) in [5.74, 6) is 2.95. The van der Waals surface area contributed by atoms with Crippen molar-refractivity contribution in [2.24, 2.45) is 0 Å². The van der Waals surface area contributed by atoms with E-state index in [1.165, 1.54) is 0 Å². The zero-order chi connectivity index (χ0) is 17.0. The normalized spacial score (nSPS) is 10.7. The highest BCUT2D eigenvalue weighted by atomic mass is 16.6. The molecule has 0 aliphatic heterocycles. The van der Waals surface area contributed by atoms with Crippen molar-refractivity contribution in [3.05, 3.63) is 53.6 Å². The summed E-state index contributed by atoms with van der Waals surface area (Å²) in [7, 11) is 1.59. The first-order valence-electron chi connectivity index (χ1n) is 7.32. The number of terminal acetylenes is 1. The topological polar surface area (TPSA) is 35.5 Å². The van der Waals surface area contributed by atoms with E-state index in [0.29, 0.717) is 16.9 Å². The van der Waals surface area contributed by atoms with Crippen LogP contribution in [0.1, 0.15) is 36.7 Å². The maximum atomic E-state index is 12.0. The Hall–Kier alpha value is -2.73. The first-order chi connectivity index (χ1) is 10.8. The summed E-state index contributed by atoms with van der Waals surface area (Å²) in [4.78, 5) is 12.0. The van der Waals surface area contributed by atoms with Gasteiger partial charge in [-0.3, -0.25) is 0 Å². The SMILES string of the molecule is C#Cc1cc(-c2ccc(C(=O)OC(C)(C)C)cc2)ccc1OC. The summed E-state index contributed by atoms with van der Waals surface area (Å²) in [5, 5.41) is 0. The van der Waals surface area contributed by atoms with Crippen molar-refractivity contribution in [3.8, 4) is 29.2 Å². The van der Waals surface area contributed by atoms with Crippen molar-refractivity contribution < 1.29 is 14.3 Å². The van der Waals surface area contributed by atoms with Crippen LogP contribution in [0.15, 0.2) is 42.5 Å². The molecular formula is C20H20O3. The lowest BCUT2D eigenvalue weighted by Crippen LogP contribution is -2.23. The Morgan fingerprint density at radius 3 is 2.17 bits per heavy atom. The van der Waals surface area contributed by atoms with Gasteiger partial charge >= 0.3 is 5.97 Å². The molecule has 0 aromatic heterocycles. The number of rotatable bonds is 3. The van der Waals surface area contributed by atoms with E-state index < -0.39 is 5.60 Å². The van der Waals surface area contributed by atoms with Crippen molar-refractivity contribution in [1.82, 2.24) is 0 Å². The van der Waals surface area contributed by atoms with Gasteiger partial charge in [-0.1, -0.05) is 24.1 Å². The number of carbonyl (C=O) groups is 1.